The molecule has 2 aliphatic rings. The molecular formula is C11H19ClN4O3S. The monoisotopic (exact) mass is 322 g/mol. The summed E-state index contributed by atoms with van der Waals surface area (Å²) in [6.45, 7) is 4.62. The summed E-state index contributed by atoms with van der Waals surface area (Å²) >= 11 is 0. The molecule has 2 fully saturated rings. The molecule has 1 N–H and O–H groups in total. The number of aryl methyl sites for hydroxylation is 1. The van der Waals surface area contributed by atoms with E-state index in [9.17, 15) is 8.42 Å². The zero-order valence-corrected chi connectivity index (χ0v) is 12.9. The standard InChI is InChI=1S/C11H18N4O3S.ClH/c1-2-14-11(3-4-13-14)19(16,17)15-5-6-18-10-8-12-7-9(10)15;/h3-4,9-10,12H,2,5-8H2,1H3;1H/t9-,10+;/m1./s1. The molecule has 20 heavy (non-hydrogen) atoms. The lowest BCUT2D eigenvalue weighted by Gasteiger charge is -2.35. The van der Waals surface area contributed by atoms with Crippen LogP contribution in [0.5, 0.6) is 0 Å². The molecule has 0 aliphatic carbocycles. The first-order valence-electron chi connectivity index (χ1n) is 6.50. The van der Waals surface area contributed by atoms with Crippen molar-refractivity contribution in [3.8, 4) is 0 Å². The highest BCUT2D eigenvalue weighted by Crippen LogP contribution is 2.25. The van der Waals surface area contributed by atoms with Gasteiger partial charge in [0, 0.05) is 26.2 Å². The highest BCUT2D eigenvalue weighted by atomic mass is 35.5. The Hall–Kier alpha value is -0.670. The molecule has 0 unspecified atom stereocenters. The van der Waals surface area contributed by atoms with Gasteiger partial charge in [-0.2, -0.15) is 9.40 Å². The molecule has 7 nitrogen and oxygen atoms in total. The van der Waals surface area contributed by atoms with Crippen molar-refractivity contribution in [3.05, 3.63) is 12.3 Å². The molecule has 2 atom stereocenters. The summed E-state index contributed by atoms with van der Waals surface area (Å²) in [4.78, 5) is 0. The quantitative estimate of drug-likeness (QED) is 0.826. The van der Waals surface area contributed by atoms with E-state index in [0.29, 0.717) is 32.8 Å². The summed E-state index contributed by atoms with van der Waals surface area (Å²) in [7, 11) is -3.50. The average Bonchev–Trinajstić information content (AvgIpc) is 3.06. The summed E-state index contributed by atoms with van der Waals surface area (Å²) in [5, 5.41) is 7.50. The van der Waals surface area contributed by atoms with Crippen LogP contribution in [0.2, 0.25) is 0 Å². The number of aromatic nitrogens is 2. The lowest BCUT2D eigenvalue weighted by atomic mass is 10.2. The number of halogens is 1. The zero-order valence-electron chi connectivity index (χ0n) is 11.2. The molecule has 9 heteroatoms. The lowest BCUT2D eigenvalue weighted by molar-refractivity contribution is -0.0150. The predicted octanol–water partition coefficient (Wildman–Crippen LogP) is -0.314. The maximum Gasteiger partial charge on any atom is 0.260 e. The van der Waals surface area contributed by atoms with E-state index in [-0.39, 0.29) is 29.6 Å². The molecule has 114 valence electrons. The van der Waals surface area contributed by atoms with Crippen molar-refractivity contribution in [2.24, 2.45) is 0 Å². The highest BCUT2D eigenvalue weighted by Gasteiger charge is 2.43. The maximum absolute atomic E-state index is 12.8. The van der Waals surface area contributed by atoms with E-state index in [0.717, 1.165) is 0 Å². The summed E-state index contributed by atoms with van der Waals surface area (Å²) < 4.78 is 34.2. The topological polar surface area (TPSA) is 76.5 Å². The molecule has 2 saturated heterocycles. The summed E-state index contributed by atoms with van der Waals surface area (Å²) in [5.41, 5.74) is 0. The first kappa shape index (κ1) is 15.7. The first-order valence-corrected chi connectivity index (χ1v) is 7.94. The number of rotatable bonds is 3. The van der Waals surface area contributed by atoms with Gasteiger partial charge in [-0.3, -0.25) is 4.68 Å². The Balaban J connectivity index is 0.00000147. The van der Waals surface area contributed by atoms with Gasteiger partial charge in [0.25, 0.3) is 10.0 Å². The Morgan fingerprint density at radius 3 is 3.05 bits per heavy atom. The van der Waals surface area contributed by atoms with Crippen LogP contribution in [0.25, 0.3) is 0 Å². The van der Waals surface area contributed by atoms with E-state index in [1.54, 1.807) is 10.4 Å². The second kappa shape index (κ2) is 5.98. The number of nitrogens with zero attached hydrogens (tertiary/aromatic N) is 3. The van der Waals surface area contributed by atoms with Gasteiger partial charge in [-0.1, -0.05) is 0 Å². The molecule has 0 bridgehead atoms. The number of nitrogens with one attached hydrogen (secondary N) is 1. The van der Waals surface area contributed by atoms with E-state index < -0.39 is 10.0 Å². The van der Waals surface area contributed by atoms with Crippen LogP contribution < -0.4 is 5.32 Å². The number of fused-ring (bicyclic) bond motifs is 1. The summed E-state index contributed by atoms with van der Waals surface area (Å²) in [6, 6.07) is 1.45. The van der Waals surface area contributed by atoms with Gasteiger partial charge in [0.05, 0.1) is 24.9 Å². The van der Waals surface area contributed by atoms with Gasteiger partial charge in [0.1, 0.15) is 0 Å². The van der Waals surface area contributed by atoms with Crippen LogP contribution in [-0.2, 0) is 21.3 Å². The van der Waals surface area contributed by atoms with Crippen LogP contribution in [0.1, 0.15) is 6.92 Å². The molecule has 0 spiro atoms. The average molecular weight is 323 g/mol. The smallest absolute Gasteiger partial charge is 0.260 e. The van der Waals surface area contributed by atoms with Gasteiger partial charge < -0.3 is 10.1 Å². The second-order valence-corrected chi connectivity index (χ2v) is 6.57. The fourth-order valence-electron chi connectivity index (χ4n) is 2.75. The van der Waals surface area contributed by atoms with E-state index in [2.05, 4.69) is 10.4 Å². The van der Waals surface area contributed by atoms with Crippen molar-refractivity contribution < 1.29 is 13.2 Å². The van der Waals surface area contributed by atoms with Gasteiger partial charge in [0.2, 0.25) is 0 Å². The van der Waals surface area contributed by atoms with E-state index in [4.69, 9.17) is 4.74 Å². The van der Waals surface area contributed by atoms with Gasteiger partial charge in [0.15, 0.2) is 5.03 Å². The Morgan fingerprint density at radius 2 is 2.30 bits per heavy atom. The molecule has 0 amide bonds. The van der Waals surface area contributed by atoms with Crippen molar-refractivity contribution in [2.75, 3.05) is 26.2 Å². The number of morpholine rings is 1. The molecule has 0 saturated carbocycles. The highest BCUT2D eigenvalue weighted by molar-refractivity contribution is 7.89. The number of sulfonamides is 1. The van der Waals surface area contributed by atoms with E-state index in [1.165, 1.54) is 10.9 Å². The molecule has 3 heterocycles. The Kier molecular flexibility index (Phi) is 4.70. The Bertz CT molecular complexity index is 562. The molecule has 2 aliphatic heterocycles. The van der Waals surface area contributed by atoms with Crippen LogP contribution in [0.3, 0.4) is 0 Å². The molecule has 0 radical (unpaired) electrons. The first-order chi connectivity index (χ1) is 9.14. The molecule has 3 rings (SSSR count). The number of hydrogen-bond acceptors (Lipinski definition) is 5. The third-order valence-corrected chi connectivity index (χ3v) is 5.64. The maximum atomic E-state index is 12.8. The molecule has 1 aromatic rings. The normalized spacial score (nSPS) is 27.1. The van der Waals surface area contributed by atoms with Gasteiger partial charge in [-0.25, -0.2) is 8.42 Å². The Labute approximate surface area is 124 Å². The fraction of sp³-hybridized carbons (Fsp3) is 0.727. The minimum atomic E-state index is -3.50. The van der Waals surface area contributed by atoms with Gasteiger partial charge in [-0.15, -0.1) is 12.4 Å². The van der Waals surface area contributed by atoms with Crippen molar-refractivity contribution in [1.82, 2.24) is 19.4 Å². The number of hydrogen-bond donors (Lipinski definition) is 1. The fourth-order valence-corrected chi connectivity index (χ4v) is 4.55. The van der Waals surface area contributed by atoms with Crippen LogP contribution >= 0.6 is 12.4 Å². The molecule has 1 aromatic heterocycles. The molecule has 0 aromatic carbocycles. The minimum absolute atomic E-state index is 0. The third kappa shape index (κ3) is 2.46. The predicted molar refractivity (Wildman–Crippen MR) is 75.4 cm³/mol. The largest absolute Gasteiger partial charge is 0.374 e. The van der Waals surface area contributed by atoms with Crippen LogP contribution in [0.4, 0.5) is 0 Å². The van der Waals surface area contributed by atoms with Crippen molar-refractivity contribution in [2.45, 2.75) is 30.6 Å². The SMILES string of the molecule is CCn1nccc1S(=O)(=O)N1CCO[C@H]2CNC[C@H]21.Cl. The Morgan fingerprint density at radius 1 is 1.50 bits per heavy atom. The van der Waals surface area contributed by atoms with Crippen molar-refractivity contribution in [3.63, 3.8) is 0 Å². The van der Waals surface area contributed by atoms with Crippen LogP contribution in [-0.4, -0.2) is 60.9 Å². The van der Waals surface area contributed by atoms with Gasteiger partial charge >= 0.3 is 0 Å². The third-order valence-electron chi connectivity index (χ3n) is 3.69. The molecular weight excluding hydrogens is 304 g/mol. The van der Waals surface area contributed by atoms with E-state index in [1.807, 2.05) is 6.92 Å². The minimum Gasteiger partial charge on any atom is -0.374 e. The van der Waals surface area contributed by atoms with E-state index >= 15 is 0 Å². The van der Waals surface area contributed by atoms with Crippen molar-refractivity contribution >= 4 is 22.4 Å². The second-order valence-electron chi connectivity index (χ2n) is 4.74. The lowest BCUT2D eigenvalue weighted by Crippen LogP contribution is -2.53. The zero-order chi connectivity index (χ0) is 13.5. The van der Waals surface area contributed by atoms with Gasteiger partial charge in [-0.05, 0) is 13.0 Å². The van der Waals surface area contributed by atoms with Crippen LogP contribution in [0, 0.1) is 0 Å². The van der Waals surface area contributed by atoms with Crippen LogP contribution in [0.15, 0.2) is 17.3 Å². The summed E-state index contributed by atoms with van der Waals surface area (Å²) in [5.74, 6) is 0. The summed E-state index contributed by atoms with van der Waals surface area (Å²) in [6.07, 6.45) is 1.49. The van der Waals surface area contributed by atoms with Crippen molar-refractivity contribution in [1.29, 1.82) is 0 Å². The number of ether oxygens (including phenoxy) is 1.